The fourth-order valence-electron chi connectivity index (χ4n) is 4.96. The molecule has 0 amide bonds. The van der Waals surface area contributed by atoms with Crippen LogP contribution in [0.15, 0.2) is 121 Å². The van der Waals surface area contributed by atoms with Crippen molar-refractivity contribution in [2.24, 2.45) is 11.3 Å². The van der Waals surface area contributed by atoms with Crippen LogP contribution in [-0.2, 0) is 24.2 Å². The molecule has 0 saturated carbocycles. The van der Waals surface area contributed by atoms with E-state index < -0.39 is 0 Å². The summed E-state index contributed by atoms with van der Waals surface area (Å²) >= 11 is 1.46. The van der Waals surface area contributed by atoms with Crippen LogP contribution in [0.1, 0.15) is 62.8 Å². The second-order valence-corrected chi connectivity index (χ2v) is 13.2. The van der Waals surface area contributed by atoms with Crippen molar-refractivity contribution in [3.8, 4) is 0 Å². The summed E-state index contributed by atoms with van der Waals surface area (Å²) in [5, 5.41) is 5.39. The van der Waals surface area contributed by atoms with Gasteiger partial charge in [-0.2, -0.15) is 11.6 Å². The Bertz CT molecular complexity index is 1550. The molecular formula is C40H42Cl2Zr-2. The molecule has 0 fully saturated rings. The van der Waals surface area contributed by atoms with Gasteiger partial charge in [-0.25, -0.2) is 6.08 Å². The summed E-state index contributed by atoms with van der Waals surface area (Å²) in [5.74, 6) is 0.587. The molecule has 3 heteroatoms. The van der Waals surface area contributed by atoms with Crippen molar-refractivity contribution in [1.82, 2.24) is 0 Å². The number of aryl methyl sites for hydroxylation is 2. The van der Waals surface area contributed by atoms with E-state index in [0.717, 1.165) is 0 Å². The minimum Gasteiger partial charge on any atom is -1.00 e. The summed E-state index contributed by atoms with van der Waals surface area (Å²) in [6.45, 7) is 13.2. The van der Waals surface area contributed by atoms with E-state index in [4.69, 9.17) is 0 Å². The Morgan fingerprint density at radius 2 is 1.16 bits per heavy atom. The van der Waals surface area contributed by atoms with Crippen LogP contribution in [0.3, 0.4) is 0 Å². The second kappa shape index (κ2) is 17.2. The van der Waals surface area contributed by atoms with Gasteiger partial charge in [0.15, 0.2) is 0 Å². The zero-order valence-corrected chi connectivity index (χ0v) is 30.2. The predicted molar refractivity (Wildman–Crippen MR) is 176 cm³/mol. The summed E-state index contributed by atoms with van der Waals surface area (Å²) in [7, 11) is 0. The smallest absolute Gasteiger partial charge is 0.0771 e. The number of halogens is 2. The average Bonchev–Trinajstić information content (AvgIpc) is 3.60. The van der Waals surface area contributed by atoms with Crippen LogP contribution in [-0.4, -0.2) is 3.21 Å². The maximum Gasteiger partial charge on any atom is -0.0771 e. The molecule has 1 unspecified atom stereocenters. The van der Waals surface area contributed by atoms with E-state index in [-0.39, 0.29) is 24.8 Å². The van der Waals surface area contributed by atoms with Gasteiger partial charge in [-0.05, 0) is 0 Å². The Labute approximate surface area is 286 Å². The van der Waals surface area contributed by atoms with Crippen LogP contribution in [0.2, 0.25) is 0 Å². The van der Waals surface area contributed by atoms with Gasteiger partial charge < -0.3 is 24.8 Å². The van der Waals surface area contributed by atoms with E-state index >= 15 is 0 Å². The molecule has 1 aliphatic rings. The molecule has 1 atom stereocenters. The number of benzene rings is 4. The van der Waals surface area contributed by atoms with Crippen LogP contribution in [0.25, 0.3) is 21.5 Å². The Hall–Kier alpha value is -2.44. The minimum absolute atomic E-state index is 0. The molecule has 0 nitrogen and oxygen atoms in total. The Kier molecular flexibility index (Phi) is 14.7. The van der Waals surface area contributed by atoms with Crippen LogP contribution < -0.4 is 24.8 Å². The first-order chi connectivity index (χ1) is 19.7. The average molecular weight is 685 g/mol. The quantitative estimate of drug-likeness (QED) is 0.237. The Balaban J connectivity index is 0.000000222. The molecule has 0 aromatic heterocycles. The van der Waals surface area contributed by atoms with Crippen molar-refractivity contribution in [2.45, 2.75) is 54.4 Å². The molecule has 6 rings (SSSR count). The summed E-state index contributed by atoms with van der Waals surface area (Å²) in [5.41, 5.74) is 7.06. The predicted octanol–water partition coefficient (Wildman–Crippen LogP) is 4.89. The molecule has 0 heterocycles. The normalized spacial score (nSPS) is 13.6. The van der Waals surface area contributed by atoms with E-state index in [1.165, 1.54) is 89.7 Å². The SMILES string of the molecule is CCCC1[C-]=CC(C(C)(C)C)=C1.Cc1ccc([C](=[Zr+2])c2ccc(C)cc2)cc1.[Cl-].[Cl-].c1ccc2c(c1)[cH-]c1ccccc12. The number of hydrogen-bond donors (Lipinski definition) is 0. The Morgan fingerprint density at radius 1 is 0.721 bits per heavy atom. The van der Waals surface area contributed by atoms with Crippen LogP contribution in [0.4, 0.5) is 0 Å². The first kappa shape index (κ1) is 36.8. The standard InChI is InChI=1S/C15H14.C13H9.C12H19.2ClH.Zr/c1-12-3-7-14(8-4-12)11-15-9-5-13(2)6-10-15;1-3-7-12-10(5-1)9-11-6-2-4-8-13(11)12;1-5-6-10-7-8-11(9-10)12(2,3)4;;;/h3-10H,1-2H3;1-9H;8-10H,5-6H2,1-4H3;2*1H;/q;2*-1;;;+2/p-2. The molecule has 0 saturated heterocycles. The van der Waals surface area contributed by atoms with E-state index in [0.29, 0.717) is 11.3 Å². The summed E-state index contributed by atoms with van der Waals surface area (Å²) in [6, 6.07) is 36.8. The van der Waals surface area contributed by atoms with Gasteiger partial charge in [-0.15, -0.1) is 39.7 Å². The van der Waals surface area contributed by atoms with Crippen molar-refractivity contribution >= 4 is 24.8 Å². The van der Waals surface area contributed by atoms with Crippen LogP contribution >= 0.6 is 0 Å². The van der Waals surface area contributed by atoms with Gasteiger partial charge in [0, 0.05) is 0 Å². The maximum atomic E-state index is 3.40. The molecule has 0 radical (unpaired) electrons. The molecule has 0 aliphatic heterocycles. The fraction of sp³-hybridized carbons (Fsp3) is 0.250. The number of rotatable bonds is 4. The summed E-state index contributed by atoms with van der Waals surface area (Å²) < 4.78 is 1.42. The van der Waals surface area contributed by atoms with Gasteiger partial charge in [-0.3, -0.25) is 6.08 Å². The first-order valence-corrected chi connectivity index (χ1v) is 16.0. The van der Waals surface area contributed by atoms with Crippen LogP contribution in [0.5, 0.6) is 0 Å². The van der Waals surface area contributed by atoms with E-state index in [1.54, 1.807) is 0 Å². The third kappa shape index (κ3) is 10.3. The topological polar surface area (TPSA) is 0 Å². The third-order valence-electron chi connectivity index (χ3n) is 7.50. The van der Waals surface area contributed by atoms with E-state index in [9.17, 15) is 0 Å². The zero-order chi connectivity index (χ0) is 29.4. The summed E-state index contributed by atoms with van der Waals surface area (Å²) in [4.78, 5) is 0. The van der Waals surface area contributed by atoms with Gasteiger partial charge >= 0.3 is 112 Å². The fourth-order valence-corrected chi connectivity index (χ4v) is 5.78. The van der Waals surface area contributed by atoms with Crippen molar-refractivity contribution < 1.29 is 49.0 Å². The zero-order valence-electron chi connectivity index (χ0n) is 26.2. The van der Waals surface area contributed by atoms with Gasteiger partial charge in [0.05, 0.1) is 0 Å². The largest absolute Gasteiger partial charge is 1.00 e. The number of hydrogen-bond acceptors (Lipinski definition) is 0. The van der Waals surface area contributed by atoms with E-state index in [1.807, 2.05) is 0 Å². The molecule has 222 valence electrons. The molecule has 0 spiro atoms. The van der Waals surface area contributed by atoms with Crippen molar-refractivity contribution in [1.29, 1.82) is 0 Å². The number of allylic oxidation sites excluding steroid dienone is 4. The molecule has 0 bridgehead atoms. The van der Waals surface area contributed by atoms with Gasteiger partial charge in [0.1, 0.15) is 0 Å². The molecule has 0 N–H and O–H groups in total. The first-order valence-electron chi connectivity index (χ1n) is 14.7. The summed E-state index contributed by atoms with van der Waals surface area (Å²) in [6.07, 6.45) is 10.4. The second-order valence-electron chi connectivity index (χ2n) is 12.0. The van der Waals surface area contributed by atoms with Crippen LogP contribution in [0, 0.1) is 31.3 Å². The number of fused-ring (bicyclic) bond motifs is 3. The van der Waals surface area contributed by atoms with Crippen molar-refractivity contribution in [2.75, 3.05) is 0 Å². The van der Waals surface area contributed by atoms with Crippen molar-refractivity contribution in [3.05, 3.63) is 149 Å². The monoisotopic (exact) mass is 682 g/mol. The molecule has 5 aromatic rings. The molecule has 1 aliphatic carbocycles. The van der Waals surface area contributed by atoms with Gasteiger partial charge in [0.2, 0.25) is 0 Å². The maximum absolute atomic E-state index is 3.40. The van der Waals surface area contributed by atoms with Gasteiger partial charge in [-0.1, -0.05) is 88.3 Å². The molecule has 43 heavy (non-hydrogen) atoms. The van der Waals surface area contributed by atoms with Gasteiger partial charge in [0.25, 0.3) is 0 Å². The third-order valence-corrected chi connectivity index (χ3v) is 8.92. The van der Waals surface area contributed by atoms with E-state index in [2.05, 4.69) is 163 Å². The van der Waals surface area contributed by atoms with Crippen molar-refractivity contribution in [3.63, 3.8) is 0 Å². The Morgan fingerprint density at radius 3 is 1.56 bits per heavy atom. The molecular weight excluding hydrogens is 643 g/mol. The minimum atomic E-state index is 0. The molecule has 5 aromatic carbocycles.